The second kappa shape index (κ2) is 12.1. The number of rotatable bonds is 8. The van der Waals surface area contributed by atoms with Crippen molar-refractivity contribution < 1.29 is 18.8 Å². The Hall–Kier alpha value is -3.82. The summed E-state index contributed by atoms with van der Waals surface area (Å²) in [5.74, 6) is -0.441. The second-order valence-corrected chi connectivity index (χ2v) is 10.0. The molecule has 0 aromatic heterocycles. The Morgan fingerprint density at radius 3 is 2.63 bits per heavy atom. The van der Waals surface area contributed by atoms with E-state index in [0.29, 0.717) is 18.8 Å². The minimum atomic E-state index is -1.35. The topological polar surface area (TPSA) is 106 Å². The number of nitrogens with zero attached hydrogens (tertiary/aromatic N) is 4. The molecular weight excluding hydrogens is 487 g/mol. The third-order valence-electron chi connectivity index (χ3n) is 7.00. The number of urea groups is 1. The molecule has 0 saturated carbocycles. The van der Waals surface area contributed by atoms with E-state index in [9.17, 15) is 18.8 Å². The fourth-order valence-corrected chi connectivity index (χ4v) is 4.78. The van der Waals surface area contributed by atoms with Gasteiger partial charge in [0.25, 0.3) is 0 Å². The highest BCUT2D eigenvalue weighted by atomic mass is 19.1. The number of amidine groups is 1. The van der Waals surface area contributed by atoms with Gasteiger partial charge in [0.15, 0.2) is 12.0 Å². The van der Waals surface area contributed by atoms with Crippen LogP contribution in [-0.4, -0.2) is 77.1 Å². The molecule has 1 aliphatic carbocycles. The summed E-state index contributed by atoms with van der Waals surface area (Å²) in [5, 5.41) is 5.55. The molecule has 10 heteroatoms. The highest BCUT2D eigenvalue weighted by Gasteiger charge is 2.33. The first-order chi connectivity index (χ1) is 18.2. The Labute approximate surface area is 222 Å². The number of carbonyl (C=O) groups excluding carboxylic acids is 3. The van der Waals surface area contributed by atoms with Crippen molar-refractivity contribution in [3.05, 3.63) is 59.8 Å². The number of piperidine rings is 1. The first-order valence-electron chi connectivity index (χ1n) is 13.1. The van der Waals surface area contributed by atoms with E-state index < -0.39 is 30.2 Å². The van der Waals surface area contributed by atoms with E-state index in [4.69, 9.17) is 0 Å². The molecule has 0 bridgehead atoms. The Balaban J connectivity index is 1.45. The average Bonchev–Trinajstić information content (AvgIpc) is 3.35. The first-order valence-corrected chi connectivity index (χ1v) is 13.1. The van der Waals surface area contributed by atoms with Crippen LogP contribution in [0.5, 0.6) is 0 Å². The number of nitrogens with one attached hydrogen (secondary N) is 2. The van der Waals surface area contributed by atoms with E-state index in [-0.39, 0.29) is 29.9 Å². The molecule has 1 aromatic carbocycles. The number of benzene rings is 1. The molecule has 202 valence electrons. The van der Waals surface area contributed by atoms with Crippen molar-refractivity contribution in [3.8, 4) is 0 Å². The molecule has 4 amide bonds. The molecule has 2 aliphatic heterocycles. The zero-order chi connectivity index (χ0) is 27.2. The van der Waals surface area contributed by atoms with Crippen molar-refractivity contribution in [3.63, 3.8) is 0 Å². The van der Waals surface area contributed by atoms with Crippen LogP contribution in [-0.2, 0) is 16.1 Å². The summed E-state index contributed by atoms with van der Waals surface area (Å²) in [4.78, 5) is 51.5. The summed E-state index contributed by atoms with van der Waals surface area (Å²) in [5.41, 5.74) is 1.58. The summed E-state index contributed by atoms with van der Waals surface area (Å²) in [7, 11) is 1.63. The molecule has 38 heavy (non-hydrogen) atoms. The number of hydrogen-bond donors (Lipinski definition) is 2. The van der Waals surface area contributed by atoms with Crippen LogP contribution >= 0.6 is 0 Å². The van der Waals surface area contributed by atoms with Gasteiger partial charge in [-0.3, -0.25) is 9.59 Å². The van der Waals surface area contributed by atoms with Gasteiger partial charge in [0, 0.05) is 26.2 Å². The van der Waals surface area contributed by atoms with Crippen molar-refractivity contribution in [2.75, 3.05) is 13.6 Å². The van der Waals surface area contributed by atoms with Crippen molar-refractivity contribution in [2.45, 2.75) is 70.4 Å². The fourth-order valence-electron chi connectivity index (χ4n) is 4.78. The maximum absolute atomic E-state index is 14.2. The summed E-state index contributed by atoms with van der Waals surface area (Å²) in [6.45, 7) is 4.66. The van der Waals surface area contributed by atoms with E-state index in [2.05, 4.69) is 20.6 Å². The smallest absolute Gasteiger partial charge is 0.318 e. The van der Waals surface area contributed by atoms with Crippen molar-refractivity contribution in [1.82, 2.24) is 20.4 Å². The summed E-state index contributed by atoms with van der Waals surface area (Å²) >= 11 is 0. The zero-order valence-corrected chi connectivity index (χ0v) is 22.1. The van der Waals surface area contributed by atoms with Crippen LogP contribution < -0.4 is 10.6 Å². The number of fused-ring (bicyclic) bond motifs is 1. The molecule has 2 N–H and O–H groups in total. The predicted molar refractivity (Wildman–Crippen MR) is 144 cm³/mol. The molecular formula is C28H35FN6O3. The second-order valence-electron chi connectivity index (χ2n) is 10.0. The molecule has 0 spiro atoms. The van der Waals surface area contributed by atoms with E-state index in [0.717, 1.165) is 24.8 Å². The minimum absolute atomic E-state index is 0.0814. The first kappa shape index (κ1) is 27.2. The minimum Gasteiger partial charge on any atom is -0.345 e. The molecule has 9 nitrogen and oxygen atoms in total. The Kier molecular flexibility index (Phi) is 8.70. The van der Waals surface area contributed by atoms with Crippen molar-refractivity contribution in [1.29, 1.82) is 0 Å². The molecule has 1 unspecified atom stereocenters. The van der Waals surface area contributed by atoms with Crippen LogP contribution in [0.1, 0.15) is 45.1 Å². The number of amides is 4. The van der Waals surface area contributed by atoms with Gasteiger partial charge in [-0.2, -0.15) is 0 Å². The third kappa shape index (κ3) is 6.54. The van der Waals surface area contributed by atoms with Gasteiger partial charge in [0.1, 0.15) is 11.8 Å². The number of halogens is 1. The number of alkyl halides is 1. The quantitative estimate of drug-likeness (QED) is 0.548. The lowest BCUT2D eigenvalue weighted by atomic mass is 10.0. The number of carbonyl (C=O) groups is 3. The predicted octanol–water partition coefficient (Wildman–Crippen LogP) is 3.14. The van der Waals surface area contributed by atoms with E-state index in [1.54, 1.807) is 31.0 Å². The fraction of sp³-hybridized carbons (Fsp3) is 0.464. The maximum Gasteiger partial charge on any atom is 0.318 e. The molecule has 4 atom stereocenters. The van der Waals surface area contributed by atoms with Crippen LogP contribution in [0.3, 0.4) is 0 Å². The van der Waals surface area contributed by atoms with Crippen LogP contribution in [0.15, 0.2) is 64.2 Å². The number of aliphatic imine (C=N–C) groups is 2. The highest BCUT2D eigenvalue weighted by molar-refractivity contribution is 6.17. The normalized spacial score (nSPS) is 21.9. The van der Waals surface area contributed by atoms with Gasteiger partial charge in [0.05, 0.1) is 18.2 Å². The molecule has 1 saturated heterocycles. The van der Waals surface area contributed by atoms with Gasteiger partial charge in [-0.1, -0.05) is 36.4 Å². The van der Waals surface area contributed by atoms with Crippen LogP contribution in [0.25, 0.3) is 0 Å². The SMILES string of the molecule is C[C@H](NC(=O)[C@H](CC(=O)N1CCCC[C@@H]1C)NC(=O)N(C)Cc1ccccc1)C1=NC2=CC=CC(F)C2=N1. The summed E-state index contributed by atoms with van der Waals surface area (Å²) in [6.07, 6.45) is 5.99. The Bertz CT molecular complexity index is 1180. The zero-order valence-electron chi connectivity index (χ0n) is 22.1. The number of hydrogen-bond acceptors (Lipinski definition) is 5. The largest absolute Gasteiger partial charge is 0.345 e. The van der Waals surface area contributed by atoms with E-state index in [1.165, 1.54) is 11.0 Å². The third-order valence-corrected chi connectivity index (χ3v) is 7.00. The van der Waals surface area contributed by atoms with Gasteiger partial charge >= 0.3 is 6.03 Å². The van der Waals surface area contributed by atoms with Crippen LogP contribution in [0.2, 0.25) is 0 Å². The Morgan fingerprint density at radius 1 is 1.16 bits per heavy atom. The summed E-state index contributed by atoms with van der Waals surface area (Å²) in [6, 6.07) is 7.35. The number of allylic oxidation sites excluding steroid dienone is 4. The molecule has 0 radical (unpaired) electrons. The molecule has 1 fully saturated rings. The number of likely N-dealkylation sites (tertiary alicyclic amines) is 1. The van der Waals surface area contributed by atoms with Gasteiger partial charge in [0.2, 0.25) is 11.8 Å². The monoisotopic (exact) mass is 522 g/mol. The lowest BCUT2D eigenvalue weighted by Gasteiger charge is -2.34. The van der Waals surface area contributed by atoms with E-state index >= 15 is 0 Å². The Morgan fingerprint density at radius 2 is 1.92 bits per heavy atom. The summed E-state index contributed by atoms with van der Waals surface area (Å²) < 4.78 is 14.2. The standard InChI is InChI=1S/C28H35FN6O3/c1-18-10-7-8-15-35(18)24(36)16-23(32-28(38)34(3)17-20-11-5-4-6-12-20)27(37)30-19(2)26-31-22-14-9-13-21(29)25(22)33-26/h4-6,9,11-14,18-19,21,23H,7-8,10,15-17H2,1-3H3,(H,30,37)(H,32,38)/t18-,19-,21?,23-/m0/s1. The molecule has 3 aliphatic rings. The molecule has 2 heterocycles. The lowest BCUT2D eigenvalue weighted by Crippen LogP contribution is -2.55. The molecule has 4 rings (SSSR count). The molecule has 1 aromatic rings. The van der Waals surface area contributed by atoms with Crippen LogP contribution in [0, 0.1) is 0 Å². The van der Waals surface area contributed by atoms with Crippen molar-refractivity contribution in [2.24, 2.45) is 9.98 Å². The van der Waals surface area contributed by atoms with E-state index in [1.807, 2.05) is 37.3 Å². The highest BCUT2D eigenvalue weighted by Crippen LogP contribution is 2.21. The van der Waals surface area contributed by atoms with Gasteiger partial charge in [-0.25, -0.2) is 19.2 Å². The van der Waals surface area contributed by atoms with Gasteiger partial charge in [-0.15, -0.1) is 0 Å². The lowest BCUT2D eigenvalue weighted by molar-refractivity contribution is -0.137. The van der Waals surface area contributed by atoms with Gasteiger partial charge in [-0.05, 0) is 50.8 Å². The van der Waals surface area contributed by atoms with Crippen LogP contribution in [0.4, 0.5) is 9.18 Å². The van der Waals surface area contributed by atoms with Gasteiger partial charge < -0.3 is 20.4 Å². The maximum atomic E-state index is 14.2. The average molecular weight is 523 g/mol. The van der Waals surface area contributed by atoms with Crippen molar-refractivity contribution >= 4 is 29.4 Å².